The van der Waals surface area contributed by atoms with Crippen LogP contribution in [-0.2, 0) is 9.53 Å². The highest BCUT2D eigenvalue weighted by Crippen LogP contribution is 2.22. The van der Waals surface area contributed by atoms with Gasteiger partial charge in [-0.15, -0.1) is 0 Å². The number of benzene rings is 2. The van der Waals surface area contributed by atoms with Crippen LogP contribution in [0.1, 0.15) is 50.4 Å². The summed E-state index contributed by atoms with van der Waals surface area (Å²) < 4.78 is 21.4. The largest absolute Gasteiger partial charge is 0.497 e. The van der Waals surface area contributed by atoms with Gasteiger partial charge in [-0.3, -0.25) is 4.79 Å². The zero-order valence-electron chi connectivity index (χ0n) is 18.1. The first-order valence-corrected chi connectivity index (χ1v) is 10.1. The van der Waals surface area contributed by atoms with Gasteiger partial charge < -0.3 is 18.9 Å². The van der Waals surface area contributed by atoms with Crippen molar-refractivity contribution in [2.24, 2.45) is 5.41 Å². The lowest BCUT2D eigenvalue weighted by molar-refractivity contribution is -0.154. The van der Waals surface area contributed by atoms with Gasteiger partial charge in [0.05, 0.1) is 31.3 Å². The molecule has 0 aliphatic rings. The Morgan fingerprint density at radius 3 is 2.00 bits per heavy atom. The summed E-state index contributed by atoms with van der Waals surface area (Å²) in [5, 5.41) is 0. The first kappa shape index (κ1) is 23.3. The van der Waals surface area contributed by atoms with E-state index in [1.807, 2.05) is 20.8 Å². The van der Waals surface area contributed by atoms with E-state index in [9.17, 15) is 9.59 Å². The molecule has 0 amide bonds. The average Bonchev–Trinajstić information content (AvgIpc) is 2.76. The summed E-state index contributed by atoms with van der Waals surface area (Å²) in [7, 11) is 1.58. The molecule has 0 aromatic heterocycles. The number of unbranched alkanes of at least 4 members (excludes halogenated alkanes) is 1. The van der Waals surface area contributed by atoms with E-state index < -0.39 is 11.4 Å². The molecule has 0 heterocycles. The number of hydrogen-bond donors (Lipinski definition) is 0. The molecule has 0 spiro atoms. The highest BCUT2D eigenvalue weighted by molar-refractivity contribution is 5.91. The van der Waals surface area contributed by atoms with Gasteiger partial charge in [0, 0.05) is 0 Å². The highest BCUT2D eigenvalue weighted by Gasteiger charge is 2.26. The van der Waals surface area contributed by atoms with Crippen LogP contribution >= 0.6 is 0 Å². The summed E-state index contributed by atoms with van der Waals surface area (Å²) in [5.74, 6) is 1.20. The molecule has 30 heavy (non-hydrogen) atoms. The summed E-state index contributed by atoms with van der Waals surface area (Å²) in [4.78, 5) is 24.1. The Bertz CT molecular complexity index is 809. The van der Waals surface area contributed by atoms with Crippen LogP contribution < -0.4 is 14.2 Å². The van der Waals surface area contributed by atoms with Gasteiger partial charge in [0.1, 0.15) is 17.2 Å². The van der Waals surface area contributed by atoms with Crippen molar-refractivity contribution < 1.29 is 28.5 Å². The van der Waals surface area contributed by atoms with Crippen LogP contribution in [-0.4, -0.2) is 32.3 Å². The third-order valence-electron chi connectivity index (χ3n) is 4.84. The summed E-state index contributed by atoms with van der Waals surface area (Å²) in [6.07, 6.45) is 2.25. The molecule has 2 aromatic carbocycles. The van der Waals surface area contributed by atoms with Crippen LogP contribution in [0.15, 0.2) is 48.5 Å². The fourth-order valence-corrected chi connectivity index (χ4v) is 2.40. The minimum absolute atomic E-state index is 0.164. The molecule has 0 atom stereocenters. The molecule has 6 heteroatoms. The topological polar surface area (TPSA) is 71.1 Å². The van der Waals surface area contributed by atoms with Gasteiger partial charge in [-0.25, -0.2) is 4.79 Å². The van der Waals surface area contributed by atoms with E-state index in [-0.39, 0.29) is 5.97 Å². The molecule has 0 aliphatic heterocycles. The maximum absolute atomic E-state index is 12.2. The number of ether oxygens (including phenoxy) is 4. The molecule has 6 nitrogen and oxygen atoms in total. The minimum atomic E-state index is -0.441. The Hall–Kier alpha value is -3.02. The summed E-state index contributed by atoms with van der Waals surface area (Å²) in [6.45, 7) is 6.63. The van der Waals surface area contributed by atoms with Crippen molar-refractivity contribution in [2.45, 2.75) is 40.0 Å². The second kappa shape index (κ2) is 11.2. The minimum Gasteiger partial charge on any atom is -0.497 e. The number of rotatable bonds is 11. The lowest BCUT2D eigenvalue weighted by Gasteiger charge is -2.20. The SMILES string of the molecule is CCC(C)(C)C(=O)OCCCCOc1ccc(C(=O)Oc2ccc(OC)cc2)cc1. The van der Waals surface area contributed by atoms with Crippen molar-refractivity contribution in [2.75, 3.05) is 20.3 Å². The predicted octanol–water partition coefficient (Wildman–Crippen LogP) is 5.05. The zero-order chi connectivity index (χ0) is 22.0. The quantitative estimate of drug-likeness (QED) is 0.291. The van der Waals surface area contributed by atoms with Gasteiger partial charge in [0.25, 0.3) is 0 Å². The van der Waals surface area contributed by atoms with Gasteiger partial charge in [0.15, 0.2) is 0 Å². The third-order valence-corrected chi connectivity index (χ3v) is 4.84. The lowest BCUT2D eigenvalue weighted by Crippen LogP contribution is -2.26. The van der Waals surface area contributed by atoms with Crippen molar-refractivity contribution in [3.8, 4) is 17.2 Å². The van der Waals surface area contributed by atoms with E-state index >= 15 is 0 Å². The molecular formula is C24H30O6. The smallest absolute Gasteiger partial charge is 0.343 e. The predicted molar refractivity (Wildman–Crippen MR) is 114 cm³/mol. The van der Waals surface area contributed by atoms with E-state index in [0.29, 0.717) is 36.0 Å². The van der Waals surface area contributed by atoms with Crippen LogP contribution in [0.2, 0.25) is 0 Å². The van der Waals surface area contributed by atoms with Gasteiger partial charge in [0.2, 0.25) is 0 Å². The Kier molecular flexibility index (Phi) is 8.71. The monoisotopic (exact) mass is 414 g/mol. The van der Waals surface area contributed by atoms with E-state index in [4.69, 9.17) is 18.9 Å². The second-order valence-electron chi connectivity index (χ2n) is 7.52. The first-order chi connectivity index (χ1) is 14.4. The number of methoxy groups -OCH3 is 1. The molecule has 0 aliphatic carbocycles. The Morgan fingerprint density at radius 2 is 1.40 bits per heavy atom. The molecular weight excluding hydrogens is 384 g/mol. The number of carbonyl (C=O) groups is 2. The summed E-state index contributed by atoms with van der Waals surface area (Å²) in [5.41, 5.74) is -0.00382. The van der Waals surface area contributed by atoms with Crippen molar-refractivity contribution in [1.29, 1.82) is 0 Å². The van der Waals surface area contributed by atoms with E-state index in [1.54, 1.807) is 55.6 Å². The number of hydrogen-bond acceptors (Lipinski definition) is 6. The number of esters is 2. The standard InChI is InChI=1S/C24H30O6/c1-5-24(2,3)23(26)29-17-7-6-16-28-20-10-8-18(9-11-20)22(25)30-21-14-12-19(27-4)13-15-21/h8-15H,5-7,16-17H2,1-4H3. The molecule has 0 saturated carbocycles. The summed E-state index contributed by atoms with van der Waals surface area (Å²) in [6, 6.07) is 13.6. The van der Waals surface area contributed by atoms with E-state index in [0.717, 1.165) is 19.3 Å². The van der Waals surface area contributed by atoms with Crippen molar-refractivity contribution in [3.05, 3.63) is 54.1 Å². The number of carbonyl (C=O) groups excluding carboxylic acids is 2. The fourth-order valence-electron chi connectivity index (χ4n) is 2.40. The molecule has 162 valence electrons. The zero-order valence-corrected chi connectivity index (χ0v) is 18.1. The van der Waals surface area contributed by atoms with E-state index in [1.165, 1.54) is 0 Å². The Balaban J connectivity index is 1.70. The molecule has 0 radical (unpaired) electrons. The maximum atomic E-state index is 12.2. The summed E-state index contributed by atoms with van der Waals surface area (Å²) >= 11 is 0. The first-order valence-electron chi connectivity index (χ1n) is 10.1. The van der Waals surface area contributed by atoms with Crippen molar-refractivity contribution in [3.63, 3.8) is 0 Å². The Morgan fingerprint density at radius 1 is 0.833 bits per heavy atom. The molecule has 0 N–H and O–H groups in total. The average molecular weight is 414 g/mol. The van der Waals surface area contributed by atoms with Gasteiger partial charge >= 0.3 is 11.9 Å². The molecule has 0 unspecified atom stereocenters. The van der Waals surface area contributed by atoms with E-state index in [2.05, 4.69) is 0 Å². The molecule has 0 bridgehead atoms. The van der Waals surface area contributed by atoms with Crippen LogP contribution in [0.4, 0.5) is 0 Å². The Labute approximate surface area is 178 Å². The van der Waals surface area contributed by atoms with Gasteiger partial charge in [-0.1, -0.05) is 6.92 Å². The normalized spacial score (nSPS) is 10.9. The van der Waals surface area contributed by atoms with Crippen molar-refractivity contribution >= 4 is 11.9 Å². The molecule has 2 rings (SSSR count). The highest BCUT2D eigenvalue weighted by atomic mass is 16.5. The van der Waals surface area contributed by atoms with Crippen LogP contribution in [0.5, 0.6) is 17.2 Å². The molecule has 0 fully saturated rings. The van der Waals surface area contributed by atoms with Gasteiger partial charge in [-0.2, -0.15) is 0 Å². The fraction of sp³-hybridized carbons (Fsp3) is 0.417. The van der Waals surface area contributed by atoms with Crippen LogP contribution in [0, 0.1) is 5.41 Å². The molecule has 0 saturated heterocycles. The van der Waals surface area contributed by atoms with Crippen molar-refractivity contribution in [1.82, 2.24) is 0 Å². The van der Waals surface area contributed by atoms with Gasteiger partial charge in [-0.05, 0) is 81.6 Å². The van der Waals surface area contributed by atoms with Crippen LogP contribution in [0.25, 0.3) is 0 Å². The van der Waals surface area contributed by atoms with Crippen LogP contribution in [0.3, 0.4) is 0 Å². The lowest BCUT2D eigenvalue weighted by atomic mass is 9.91. The second-order valence-corrected chi connectivity index (χ2v) is 7.52. The molecule has 2 aromatic rings. The maximum Gasteiger partial charge on any atom is 0.343 e. The third kappa shape index (κ3) is 7.10.